The van der Waals surface area contributed by atoms with Crippen molar-refractivity contribution in [2.75, 3.05) is 7.11 Å². The summed E-state index contributed by atoms with van der Waals surface area (Å²) in [5.74, 6) is -0.720. The third-order valence-electron chi connectivity index (χ3n) is 3.79. The Labute approximate surface area is 135 Å². The molecule has 0 heterocycles. The third kappa shape index (κ3) is 4.43. The highest BCUT2D eigenvalue weighted by Crippen LogP contribution is 2.24. The molecule has 2 rings (SSSR count). The molecule has 6 nitrogen and oxygen atoms in total. The minimum absolute atomic E-state index is 0. The molecule has 1 aromatic rings. The molecule has 0 unspecified atom stereocenters. The van der Waals surface area contributed by atoms with Crippen molar-refractivity contribution in [1.82, 2.24) is 5.32 Å². The maximum atomic E-state index is 12.0. The highest BCUT2D eigenvalue weighted by Gasteiger charge is 2.34. The molecular formula is C15H21ClN2O4. The molecule has 0 aliphatic heterocycles. The molecule has 0 spiro atoms. The minimum Gasteiger partial charge on any atom is -0.465 e. The lowest BCUT2D eigenvalue weighted by atomic mass is 10.1. The van der Waals surface area contributed by atoms with Crippen molar-refractivity contribution < 1.29 is 19.4 Å². The number of nitrogens with one attached hydrogen (secondary N) is 1. The topological polar surface area (TPSA) is 102 Å². The second-order valence-electron chi connectivity index (χ2n) is 5.31. The number of amides is 1. The van der Waals surface area contributed by atoms with Crippen LogP contribution in [0.2, 0.25) is 0 Å². The Morgan fingerprint density at radius 2 is 1.95 bits per heavy atom. The Bertz CT molecular complexity index is 511. The van der Waals surface area contributed by atoms with E-state index >= 15 is 0 Å². The Morgan fingerprint density at radius 3 is 2.45 bits per heavy atom. The molecule has 4 N–H and O–H groups in total. The number of esters is 1. The van der Waals surface area contributed by atoms with Gasteiger partial charge in [0.05, 0.1) is 18.8 Å². The zero-order valence-electron chi connectivity index (χ0n) is 12.3. The number of halogens is 1. The van der Waals surface area contributed by atoms with E-state index in [9.17, 15) is 14.7 Å². The van der Waals surface area contributed by atoms with Crippen molar-refractivity contribution in [2.24, 2.45) is 11.7 Å². The number of hydrogen-bond donors (Lipinski definition) is 3. The summed E-state index contributed by atoms with van der Waals surface area (Å²) < 4.78 is 4.62. The average Bonchev–Trinajstić information content (AvgIpc) is 2.84. The maximum Gasteiger partial charge on any atom is 0.337 e. The van der Waals surface area contributed by atoms with Gasteiger partial charge in [-0.3, -0.25) is 4.79 Å². The highest BCUT2D eigenvalue weighted by molar-refractivity contribution is 5.89. The summed E-state index contributed by atoms with van der Waals surface area (Å²) in [7, 11) is 1.33. The largest absolute Gasteiger partial charge is 0.465 e. The van der Waals surface area contributed by atoms with Crippen molar-refractivity contribution in [3.8, 4) is 0 Å². The number of carbonyl (C=O) groups excluding carboxylic acids is 2. The van der Waals surface area contributed by atoms with Gasteiger partial charge in [0.25, 0.3) is 0 Å². The van der Waals surface area contributed by atoms with E-state index in [2.05, 4.69) is 10.1 Å². The molecular weight excluding hydrogens is 308 g/mol. The predicted molar refractivity (Wildman–Crippen MR) is 83.6 cm³/mol. The van der Waals surface area contributed by atoms with Gasteiger partial charge in [-0.1, -0.05) is 12.1 Å². The summed E-state index contributed by atoms with van der Waals surface area (Å²) in [5.41, 5.74) is 7.06. The van der Waals surface area contributed by atoms with E-state index in [0.29, 0.717) is 24.9 Å². The molecule has 1 aromatic carbocycles. The van der Waals surface area contributed by atoms with Crippen molar-refractivity contribution >= 4 is 24.3 Å². The van der Waals surface area contributed by atoms with E-state index in [1.165, 1.54) is 7.11 Å². The van der Waals surface area contributed by atoms with Gasteiger partial charge in [0, 0.05) is 18.5 Å². The second-order valence-corrected chi connectivity index (χ2v) is 5.31. The summed E-state index contributed by atoms with van der Waals surface area (Å²) in [6.45, 7) is 0.377. The van der Waals surface area contributed by atoms with Crippen LogP contribution >= 0.6 is 12.4 Å². The van der Waals surface area contributed by atoms with Gasteiger partial charge in [-0.15, -0.1) is 12.4 Å². The molecule has 122 valence electrons. The van der Waals surface area contributed by atoms with Gasteiger partial charge >= 0.3 is 5.97 Å². The van der Waals surface area contributed by atoms with Gasteiger partial charge in [0.2, 0.25) is 5.91 Å². The van der Waals surface area contributed by atoms with E-state index in [1.807, 2.05) is 0 Å². The molecule has 0 radical (unpaired) electrons. The summed E-state index contributed by atoms with van der Waals surface area (Å²) >= 11 is 0. The SMILES string of the molecule is COC(=O)c1ccc(CNC(=O)[C@H]2C[C@H](N)[C@@H](O)C2)cc1.Cl. The van der Waals surface area contributed by atoms with Crippen molar-refractivity contribution in [1.29, 1.82) is 0 Å². The highest BCUT2D eigenvalue weighted by atomic mass is 35.5. The maximum absolute atomic E-state index is 12.0. The third-order valence-corrected chi connectivity index (χ3v) is 3.79. The lowest BCUT2D eigenvalue weighted by Crippen LogP contribution is -2.30. The fraction of sp³-hybridized carbons (Fsp3) is 0.467. The molecule has 0 bridgehead atoms. The number of rotatable bonds is 4. The molecule has 1 saturated carbocycles. The minimum atomic E-state index is -0.597. The first-order valence-electron chi connectivity index (χ1n) is 6.90. The summed E-state index contributed by atoms with van der Waals surface area (Å²) in [6.07, 6.45) is 0.322. The average molecular weight is 329 g/mol. The second kappa shape index (κ2) is 8.12. The van der Waals surface area contributed by atoms with Gasteiger partial charge in [-0.2, -0.15) is 0 Å². The first-order chi connectivity index (χ1) is 10.0. The number of aliphatic hydroxyl groups is 1. The van der Waals surface area contributed by atoms with Crippen LogP contribution in [0.5, 0.6) is 0 Å². The van der Waals surface area contributed by atoms with Crippen LogP contribution in [0.25, 0.3) is 0 Å². The Hall–Kier alpha value is -1.63. The van der Waals surface area contributed by atoms with Crippen LogP contribution in [0.15, 0.2) is 24.3 Å². The number of aliphatic hydroxyl groups excluding tert-OH is 1. The lowest BCUT2D eigenvalue weighted by molar-refractivity contribution is -0.125. The summed E-state index contributed by atoms with van der Waals surface area (Å²) in [6, 6.07) is 6.52. The quantitative estimate of drug-likeness (QED) is 0.703. The van der Waals surface area contributed by atoms with Crippen molar-refractivity contribution in [2.45, 2.75) is 31.5 Å². The zero-order valence-corrected chi connectivity index (χ0v) is 13.1. The van der Waals surface area contributed by atoms with Gasteiger partial charge in [0.15, 0.2) is 0 Å². The van der Waals surface area contributed by atoms with E-state index in [4.69, 9.17) is 5.73 Å². The Balaban J connectivity index is 0.00000242. The van der Waals surface area contributed by atoms with Gasteiger partial charge < -0.3 is 20.9 Å². The molecule has 0 saturated heterocycles. The van der Waals surface area contributed by atoms with Gasteiger partial charge in [-0.25, -0.2) is 4.79 Å². The fourth-order valence-electron chi connectivity index (χ4n) is 2.47. The van der Waals surface area contributed by atoms with Gasteiger partial charge in [-0.05, 0) is 30.5 Å². The number of methoxy groups -OCH3 is 1. The van der Waals surface area contributed by atoms with Crippen LogP contribution < -0.4 is 11.1 Å². The zero-order chi connectivity index (χ0) is 15.4. The molecule has 0 aromatic heterocycles. The van der Waals surface area contributed by atoms with Crippen LogP contribution in [-0.2, 0) is 16.1 Å². The molecule has 1 amide bonds. The summed E-state index contributed by atoms with van der Waals surface area (Å²) in [4.78, 5) is 23.3. The van der Waals surface area contributed by atoms with Crippen LogP contribution in [0.3, 0.4) is 0 Å². The number of benzene rings is 1. The predicted octanol–water partition coefficient (Wildman–Crippen LogP) is 0.609. The van der Waals surface area contributed by atoms with Crippen LogP contribution in [0, 0.1) is 5.92 Å². The molecule has 1 aliphatic rings. The van der Waals surface area contributed by atoms with Crippen molar-refractivity contribution in [3.05, 3.63) is 35.4 Å². The first-order valence-corrected chi connectivity index (χ1v) is 6.90. The molecule has 7 heteroatoms. The monoisotopic (exact) mass is 328 g/mol. The number of nitrogens with two attached hydrogens (primary N) is 1. The molecule has 1 fully saturated rings. The van der Waals surface area contributed by atoms with Crippen molar-refractivity contribution in [3.63, 3.8) is 0 Å². The van der Waals surface area contributed by atoms with E-state index in [1.54, 1.807) is 24.3 Å². The number of hydrogen-bond acceptors (Lipinski definition) is 5. The normalized spacial score (nSPS) is 23.5. The number of carbonyl (C=O) groups is 2. The standard InChI is InChI=1S/C15H20N2O4.ClH/c1-21-15(20)10-4-2-9(3-5-10)8-17-14(19)11-6-12(16)13(18)7-11;/h2-5,11-13,18H,6-8,16H2,1H3,(H,17,19);1H/t11-,12-,13-;/m0./s1. The van der Waals surface area contributed by atoms with Gasteiger partial charge in [0.1, 0.15) is 0 Å². The fourth-order valence-corrected chi connectivity index (χ4v) is 2.47. The Morgan fingerprint density at radius 1 is 1.32 bits per heavy atom. The van der Waals surface area contributed by atoms with Crippen LogP contribution in [-0.4, -0.2) is 36.2 Å². The molecule has 3 atom stereocenters. The smallest absolute Gasteiger partial charge is 0.337 e. The molecule has 22 heavy (non-hydrogen) atoms. The number of ether oxygens (including phenoxy) is 1. The lowest BCUT2D eigenvalue weighted by Gasteiger charge is -2.10. The molecule has 1 aliphatic carbocycles. The van der Waals surface area contributed by atoms with E-state index < -0.39 is 6.10 Å². The Kier molecular flexibility index (Phi) is 6.80. The van der Waals surface area contributed by atoms with E-state index in [-0.39, 0.29) is 36.2 Å². The van der Waals surface area contributed by atoms with Crippen LogP contribution in [0.4, 0.5) is 0 Å². The van der Waals surface area contributed by atoms with Crippen LogP contribution in [0.1, 0.15) is 28.8 Å². The summed E-state index contributed by atoms with van der Waals surface area (Å²) in [5, 5.41) is 12.4. The first kappa shape index (κ1) is 18.4. The van der Waals surface area contributed by atoms with E-state index in [0.717, 1.165) is 5.56 Å².